The van der Waals surface area contributed by atoms with Gasteiger partial charge < -0.3 is 4.90 Å². The van der Waals surface area contributed by atoms with E-state index in [9.17, 15) is 0 Å². The minimum absolute atomic E-state index is 0.843. The predicted molar refractivity (Wildman–Crippen MR) is 73.3 cm³/mol. The molecular formula is C15H20N2. The first-order valence-electron chi connectivity index (χ1n) is 6.20. The number of benzene rings is 1. The van der Waals surface area contributed by atoms with Crippen molar-refractivity contribution in [3.8, 4) is 11.8 Å². The molecule has 90 valence electrons. The lowest BCUT2D eigenvalue weighted by Gasteiger charge is -2.29. The van der Waals surface area contributed by atoms with E-state index in [2.05, 4.69) is 45.9 Å². The molecule has 0 radical (unpaired) electrons. The SMILES string of the molecule is CN(C)CC#CCN1CCCc2ccccc21. The molecule has 0 atom stereocenters. The maximum Gasteiger partial charge on any atom is 0.0794 e. The fraction of sp³-hybridized carbons (Fsp3) is 0.467. The Bertz CT molecular complexity index is 426. The Hall–Kier alpha value is -1.46. The molecule has 1 aliphatic rings. The molecule has 0 unspecified atom stereocenters. The average Bonchev–Trinajstić information content (AvgIpc) is 2.34. The Labute approximate surface area is 104 Å². The maximum atomic E-state index is 3.26. The zero-order chi connectivity index (χ0) is 12.1. The number of anilines is 1. The quantitative estimate of drug-likeness (QED) is 0.714. The Balaban J connectivity index is 2.00. The molecule has 1 aromatic carbocycles. The van der Waals surface area contributed by atoms with Crippen LogP contribution in [0.4, 0.5) is 5.69 Å². The summed E-state index contributed by atoms with van der Waals surface area (Å²) in [5.74, 6) is 6.46. The fourth-order valence-corrected chi connectivity index (χ4v) is 2.14. The highest BCUT2D eigenvalue weighted by Crippen LogP contribution is 2.25. The van der Waals surface area contributed by atoms with E-state index in [0.717, 1.165) is 19.6 Å². The van der Waals surface area contributed by atoms with Gasteiger partial charge in [0.05, 0.1) is 13.1 Å². The highest BCUT2D eigenvalue weighted by atomic mass is 15.1. The number of rotatable bonds is 2. The Morgan fingerprint density at radius 1 is 1.24 bits per heavy atom. The van der Waals surface area contributed by atoms with Gasteiger partial charge in [-0.05, 0) is 38.6 Å². The van der Waals surface area contributed by atoms with Crippen molar-refractivity contribution in [2.45, 2.75) is 12.8 Å². The molecule has 2 rings (SSSR count). The second-order valence-corrected chi connectivity index (χ2v) is 4.75. The molecule has 0 spiro atoms. The van der Waals surface area contributed by atoms with E-state index < -0.39 is 0 Å². The number of nitrogens with zero attached hydrogens (tertiary/aromatic N) is 2. The van der Waals surface area contributed by atoms with Gasteiger partial charge in [0.1, 0.15) is 0 Å². The van der Waals surface area contributed by atoms with Crippen molar-refractivity contribution in [2.24, 2.45) is 0 Å². The first kappa shape index (κ1) is 12.0. The third kappa shape index (κ3) is 3.25. The number of aryl methyl sites for hydroxylation is 1. The molecule has 0 fully saturated rings. The lowest BCUT2D eigenvalue weighted by atomic mass is 10.0. The van der Waals surface area contributed by atoms with Crippen LogP contribution >= 0.6 is 0 Å². The van der Waals surface area contributed by atoms with Crippen LogP contribution in [0.1, 0.15) is 12.0 Å². The Morgan fingerprint density at radius 2 is 2.06 bits per heavy atom. The van der Waals surface area contributed by atoms with Crippen molar-refractivity contribution in [1.29, 1.82) is 0 Å². The van der Waals surface area contributed by atoms with Crippen molar-refractivity contribution < 1.29 is 0 Å². The van der Waals surface area contributed by atoms with Gasteiger partial charge in [-0.15, -0.1) is 0 Å². The first-order chi connectivity index (χ1) is 8.27. The third-order valence-electron chi connectivity index (χ3n) is 3.00. The van der Waals surface area contributed by atoms with Crippen molar-refractivity contribution in [3.63, 3.8) is 0 Å². The van der Waals surface area contributed by atoms with Gasteiger partial charge in [0.15, 0.2) is 0 Å². The van der Waals surface area contributed by atoms with Crippen molar-refractivity contribution in [1.82, 2.24) is 4.90 Å². The molecule has 0 amide bonds. The molecule has 17 heavy (non-hydrogen) atoms. The lowest BCUT2D eigenvalue weighted by molar-refractivity contribution is 0.463. The van der Waals surface area contributed by atoms with Gasteiger partial charge in [-0.1, -0.05) is 30.0 Å². The van der Waals surface area contributed by atoms with Gasteiger partial charge in [0, 0.05) is 12.2 Å². The molecule has 0 N–H and O–H groups in total. The summed E-state index contributed by atoms with van der Waals surface area (Å²) in [6, 6.07) is 8.68. The fourth-order valence-electron chi connectivity index (χ4n) is 2.14. The van der Waals surface area contributed by atoms with E-state index in [1.165, 1.54) is 24.1 Å². The molecular weight excluding hydrogens is 208 g/mol. The second kappa shape index (κ2) is 5.75. The Kier molecular flexibility index (Phi) is 4.06. The van der Waals surface area contributed by atoms with Gasteiger partial charge in [0.25, 0.3) is 0 Å². The third-order valence-corrected chi connectivity index (χ3v) is 3.00. The molecule has 2 heteroatoms. The van der Waals surface area contributed by atoms with E-state index in [1.807, 2.05) is 14.1 Å². The molecule has 0 aliphatic carbocycles. The minimum atomic E-state index is 0.843. The number of hydrogen-bond acceptors (Lipinski definition) is 2. The van der Waals surface area contributed by atoms with Crippen LogP contribution in [0.5, 0.6) is 0 Å². The summed E-state index contributed by atoms with van der Waals surface area (Å²) in [4.78, 5) is 4.48. The number of hydrogen-bond donors (Lipinski definition) is 0. The normalized spacial score (nSPS) is 14.2. The highest BCUT2D eigenvalue weighted by Gasteiger charge is 2.14. The summed E-state index contributed by atoms with van der Waals surface area (Å²) in [7, 11) is 4.09. The van der Waals surface area contributed by atoms with Crippen LogP contribution < -0.4 is 4.90 Å². The summed E-state index contributed by atoms with van der Waals surface area (Å²) in [5.41, 5.74) is 2.84. The molecule has 1 aromatic rings. The van der Waals surface area contributed by atoms with Gasteiger partial charge in [-0.3, -0.25) is 4.90 Å². The second-order valence-electron chi connectivity index (χ2n) is 4.75. The van der Waals surface area contributed by atoms with E-state index in [1.54, 1.807) is 0 Å². The van der Waals surface area contributed by atoms with Gasteiger partial charge in [-0.2, -0.15) is 0 Å². The molecule has 0 saturated heterocycles. The first-order valence-corrected chi connectivity index (χ1v) is 6.20. The zero-order valence-electron chi connectivity index (χ0n) is 10.7. The maximum absolute atomic E-state index is 3.26. The Morgan fingerprint density at radius 3 is 2.88 bits per heavy atom. The van der Waals surface area contributed by atoms with E-state index in [-0.39, 0.29) is 0 Å². The molecule has 1 aliphatic heterocycles. The van der Waals surface area contributed by atoms with Crippen LogP contribution in [0.25, 0.3) is 0 Å². The standard InChI is InChI=1S/C15H20N2/c1-16(2)11-5-6-12-17-13-7-9-14-8-3-4-10-15(14)17/h3-4,8,10H,7,9,11-13H2,1-2H3. The summed E-state index contributed by atoms with van der Waals surface area (Å²) in [6.07, 6.45) is 2.45. The smallest absolute Gasteiger partial charge is 0.0794 e. The van der Waals surface area contributed by atoms with Crippen LogP contribution in [0, 0.1) is 11.8 Å². The number of para-hydroxylation sites is 1. The van der Waals surface area contributed by atoms with Crippen LogP contribution in [0.2, 0.25) is 0 Å². The molecule has 1 heterocycles. The van der Waals surface area contributed by atoms with Crippen molar-refractivity contribution in [2.75, 3.05) is 38.6 Å². The minimum Gasteiger partial charge on any atom is -0.360 e. The topological polar surface area (TPSA) is 6.48 Å². The number of fused-ring (bicyclic) bond motifs is 1. The summed E-state index contributed by atoms with van der Waals surface area (Å²) in [5, 5.41) is 0. The lowest BCUT2D eigenvalue weighted by Crippen LogP contribution is -2.29. The van der Waals surface area contributed by atoms with E-state index >= 15 is 0 Å². The summed E-state index contributed by atoms with van der Waals surface area (Å²) in [6.45, 7) is 2.83. The zero-order valence-corrected chi connectivity index (χ0v) is 10.7. The largest absolute Gasteiger partial charge is 0.360 e. The van der Waals surface area contributed by atoms with Crippen LogP contribution in [-0.2, 0) is 6.42 Å². The van der Waals surface area contributed by atoms with Gasteiger partial charge in [-0.25, -0.2) is 0 Å². The monoisotopic (exact) mass is 228 g/mol. The van der Waals surface area contributed by atoms with Crippen LogP contribution in [-0.4, -0.2) is 38.6 Å². The van der Waals surface area contributed by atoms with Crippen LogP contribution in [0.15, 0.2) is 24.3 Å². The summed E-state index contributed by atoms with van der Waals surface area (Å²) < 4.78 is 0. The highest BCUT2D eigenvalue weighted by molar-refractivity contribution is 5.56. The van der Waals surface area contributed by atoms with E-state index in [0.29, 0.717) is 0 Å². The van der Waals surface area contributed by atoms with Gasteiger partial charge in [0.2, 0.25) is 0 Å². The molecule has 2 nitrogen and oxygen atoms in total. The molecule has 0 aromatic heterocycles. The van der Waals surface area contributed by atoms with Crippen molar-refractivity contribution in [3.05, 3.63) is 29.8 Å². The molecule has 0 saturated carbocycles. The van der Waals surface area contributed by atoms with Gasteiger partial charge >= 0.3 is 0 Å². The predicted octanol–water partition coefficient (Wildman–Crippen LogP) is 2.00. The van der Waals surface area contributed by atoms with Crippen molar-refractivity contribution >= 4 is 5.69 Å². The van der Waals surface area contributed by atoms with Crippen LogP contribution in [0.3, 0.4) is 0 Å². The van der Waals surface area contributed by atoms with E-state index in [4.69, 9.17) is 0 Å². The molecule has 0 bridgehead atoms. The summed E-state index contributed by atoms with van der Waals surface area (Å²) >= 11 is 0. The average molecular weight is 228 g/mol.